The van der Waals surface area contributed by atoms with Gasteiger partial charge < -0.3 is 4.90 Å². The molecule has 7 heteroatoms. The first-order valence-electron chi connectivity index (χ1n) is 9.10. The topological polar surface area (TPSA) is 57.7 Å². The Morgan fingerprint density at radius 3 is 2.59 bits per heavy atom. The minimum absolute atomic E-state index is 0.0454. The van der Waals surface area contributed by atoms with Gasteiger partial charge in [-0.25, -0.2) is 8.42 Å². The van der Waals surface area contributed by atoms with E-state index in [1.165, 1.54) is 4.31 Å². The van der Waals surface area contributed by atoms with E-state index in [2.05, 4.69) is 15.9 Å². The number of nitrogens with zero attached hydrogens (tertiary/aromatic N) is 2. The van der Waals surface area contributed by atoms with Crippen LogP contribution in [0.15, 0.2) is 53.0 Å². The SMILES string of the molecule is O=C(c1cccc(N2CCCS2(=O)=O)c1)N(Cc1cccc(Br)c1)C1CC1. The summed E-state index contributed by atoms with van der Waals surface area (Å²) in [7, 11) is -3.26. The molecule has 5 nitrogen and oxygen atoms in total. The van der Waals surface area contributed by atoms with Crippen molar-refractivity contribution in [3.63, 3.8) is 0 Å². The van der Waals surface area contributed by atoms with Crippen LogP contribution in [-0.2, 0) is 16.6 Å². The van der Waals surface area contributed by atoms with Crippen molar-refractivity contribution in [3.8, 4) is 0 Å². The lowest BCUT2D eigenvalue weighted by atomic mass is 10.1. The van der Waals surface area contributed by atoms with Gasteiger partial charge in [0.25, 0.3) is 5.91 Å². The quantitative estimate of drug-likeness (QED) is 0.698. The Hall–Kier alpha value is -1.86. The Kier molecular flexibility index (Phi) is 4.99. The number of hydrogen-bond donors (Lipinski definition) is 0. The van der Waals surface area contributed by atoms with Gasteiger partial charge in [-0.2, -0.15) is 0 Å². The van der Waals surface area contributed by atoms with Gasteiger partial charge in [-0.1, -0.05) is 34.1 Å². The average Bonchev–Trinajstić information content (AvgIpc) is 3.42. The molecular formula is C20H21BrN2O3S. The molecule has 2 fully saturated rings. The molecule has 142 valence electrons. The highest BCUT2D eigenvalue weighted by atomic mass is 79.9. The zero-order valence-electron chi connectivity index (χ0n) is 14.8. The summed E-state index contributed by atoms with van der Waals surface area (Å²) in [4.78, 5) is 15.1. The molecule has 4 rings (SSSR count). The lowest BCUT2D eigenvalue weighted by Gasteiger charge is -2.24. The maximum Gasteiger partial charge on any atom is 0.254 e. The normalized spacial score (nSPS) is 18.5. The van der Waals surface area contributed by atoms with Crippen molar-refractivity contribution in [1.29, 1.82) is 0 Å². The van der Waals surface area contributed by atoms with Crippen LogP contribution in [0.1, 0.15) is 35.2 Å². The molecule has 1 aliphatic heterocycles. The van der Waals surface area contributed by atoms with Crippen molar-refractivity contribution >= 4 is 37.5 Å². The predicted molar refractivity (Wildman–Crippen MR) is 109 cm³/mol. The van der Waals surface area contributed by atoms with Gasteiger partial charge in [0, 0.05) is 29.2 Å². The van der Waals surface area contributed by atoms with Crippen molar-refractivity contribution in [2.24, 2.45) is 0 Å². The smallest absolute Gasteiger partial charge is 0.254 e. The Morgan fingerprint density at radius 2 is 1.93 bits per heavy atom. The van der Waals surface area contributed by atoms with Gasteiger partial charge in [-0.3, -0.25) is 9.10 Å². The summed E-state index contributed by atoms with van der Waals surface area (Å²) in [6.45, 7) is 1.03. The number of anilines is 1. The Labute approximate surface area is 168 Å². The molecule has 2 aromatic rings. The number of amides is 1. The first-order chi connectivity index (χ1) is 12.9. The van der Waals surface area contributed by atoms with Gasteiger partial charge in [0.1, 0.15) is 0 Å². The molecule has 1 saturated heterocycles. The second-order valence-corrected chi connectivity index (χ2v) is 10.0. The molecule has 0 radical (unpaired) electrons. The molecule has 0 spiro atoms. The Bertz CT molecular complexity index is 973. The summed E-state index contributed by atoms with van der Waals surface area (Å²) in [5.74, 6) is 0.123. The van der Waals surface area contributed by atoms with Crippen molar-refractivity contribution in [2.75, 3.05) is 16.6 Å². The number of carbonyl (C=O) groups excluding carboxylic acids is 1. The highest BCUT2D eigenvalue weighted by Crippen LogP contribution is 2.31. The van der Waals surface area contributed by atoms with Crippen LogP contribution in [-0.4, -0.2) is 37.6 Å². The van der Waals surface area contributed by atoms with Crippen molar-refractivity contribution in [2.45, 2.75) is 31.8 Å². The average molecular weight is 449 g/mol. The summed E-state index contributed by atoms with van der Waals surface area (Å²) >= 11 is 3.48. The molecule has 1 aliphatic carbocycles. The van der Waals surface area contributed by atoms with E-state index in [-0.39, 0.29) is 17.7 Å². The molecule has 0 atom stereocenters. The first-order valence-corrected chi connectivity index (χ1v) is 11.5. The van der Waals surface area contributed by atoms with Crippen LogP contribution in [0.5, 0.6) is 0 Å². The molecule has 2 aromatic carbocycles. The summed E-state index contributed by atoms with van der Waals surface area (Å²) in [5.41, 5.74) is 2.19. The number of rotatable bonds is 5. The van der Waals surface area contributed by atoms with Gasteiger partial charge in [-0.05, 0) is 55.2 Å². The molecule has 1 amide bonds. The van der Waals surface area contributed by atoms with Gasteiger partial charge in [0.2, 0.25) is 10.0 Å². The maximum absolute atomic E-state index is 13.2. The number of hydrogen-bond acceptors (Lipinski definition) is 3. The summed E-state index contributed by atoms with van der Waals surface area (Å²) in [5, 5.41) is 0. The van der Waals surface area contributed by atoms with Crippen LogP contribution in [0.25, 0.3) is 0 Å². The van der Waals surface area contributed by atoms with E-state index in [0.29, 0.717) is 30.8 Å². The van der Waals surface area contributed by atoms with Crippen molar-refractivity contribution in [1.82, 2.24) is 4.90 Å². The Morgan fingerprint density at radius 1 is 1.15 bits per heavy atom. The van der Waals surface area contributed by atoms with Gasteiger partial charge in [-0.15, -0.1) is 0 Å². The summed E-state index contributed by atoms with van der Waals surface area (Å²) in [6.07, 6.45) is 2.65. The highest BCUT2D eigenvalue weighted by molar-refractivity contribution is 9.10. The van der Waals surface area contributed by atoms with E-state index in [9.17, 15) is 13.2 Å². The van der Waals surface area contributed by atoms with Crippen LogP contribution in [0.4, 0.5) is 5.69 Å². The van der Waals surface area contributed by atoms with E-state index in [4.69, 9.17) is 0 Å². The van der Waals surface area contributed by atoms with E-state index in [1.807, 2.05) is 29.2 Å². The van der Waals surface area contributed by atoms with Crippen molar-refractivity contribution < 1.29 is 13.2 Å². The molecule has 1 heterocycles. The second-order valence-electron chi connectivity index (χ2n) is 7.09. The minimum atomic E-state index is -3.26. The summed E-state index contributed by atoms with van der Waals surface area (Å²) < 4.78 is 26.8. The highest BCUT2D eigenvalue weighted by Gasteiger charge is 2.34. The van der Waals surface area contributed by atoms with E-state index >= 15 is 0 Å². The van der Waals surface area contributed by atoms with Crippen LogP contribution in [0.2, 0.25) is 0 Å². The third kappa shape index (κ3) is 4.04. The first kappa shape index (κ1) is 18.5. The predicted octanol–water partition coefficient (Wildman–Crippen LogP) is 3.79. The molecule has 0 aromatic heterocycles. The molecule has 27 heavy (non-hydrogen) atoms. The van der Waals surface area contributed by atoms with Crippen LogP contribution in [0.3, 0.4) is 0 Å². The standard InChI is InChI=1S/C20H21BrN2O3S/c21-17-6-1-4-15(12-17)14-22(18-8-9-18)20(24)16-5-2-7-19(13-16)23-10-3-11-27(23,25)26/h1-2,4-7,12-13,18H,3,8-11,14H2. The molecule has 0 N–H and O–H groups in total. The van der Waals surface area contributed by atoms with Crippen LogP contribution >= 0.6 is 15.9 Å². The van der Waals surface area contributed by atoms with Crippen molar-refractivity contribution in [3.05, 3.63) is 64.1 Å². The third-order valence-electron chi connectivity index (χ3n) is 4.97. The molecule has 1 saturated carbocycles. The lowest BCUT2D eigenvalue weighted by Crippen LogP contribution is -2.33. The number of carbonyl (C=O) groups is 1. The maximum atomic E-state index is 13.2. The van der Waals surface area contributed by atoms with Gasteiger partial charge in [0.15, 0.2) is 0 Å². The van der Waals surface area contributed by atoms with E-state index in [1.54, 1.807) is 24.3 Å². The lowest BCUT2D eigenvalue weighted by molar-refractivity contribution is 0.0730. The van der Waals surface area contributed by atoms with Crippen LogP contribution in [0, 0.1) is 0 Å². The minimum Gasteiger partial charge on any atom is -0.331 e. The zero-order valence-corrected chi connectivity index (χ0v) is 17.2. The fraction of sp³-hybridized carbons (Fsp3) is 0.350. The number of benzene rings is 2. The third-order valence-corrected chi connectivity index (χ3v) is 7.33. The largest absolute Gasteiger partial charge is 0.331 e. The molecule has 0 unspecified atom stereocenters. The van der Waals surface area contributed by atoms with E-state index in [0.717, 1.165) is 22.9 Å². The molecule has 0 bridgehead atoms. The zero-order chi connectivity index (χ0) is 19.0. The molecular weight excluding hydrogens is 428 g/mol. The number of sulfonamides is 1. The Balaban J connectivity index is 1.60. The fourth-order valence-electron chi connectivity index (χ4n) is 3.47. The number of halogens is 1. The molecule has 2 aliphatic rings. The monoisotopic (exact) mass is 448 g/mol. The fourth-order valence-corrected chi connectivity index (χ4v) is 5.48. The van der Waals surface area contributed by atoms with Gasteiger partial charge in [0.05, 0.1) is 11.4 Å². The second kappa shape index (κ2) is 7.28. The van der Waals surface area contributed by atoms with Gasteiger partial charge >= 0.3 is 0 Å². The van der Waals surface area contributed by atoms with Crippen LogP contribution < -0.4 is 4.31 Å². The van der Waals surface area contributed by atoms with E-state index < -0.39 is 10.0 Å². The summed E-state index contributed by atoms with van der Waals surface area (Å²) in [6, 6.07) is 15.2.